The lowest BCUT2D eigenvalue weighted by Crippen LogP contribution is -2.41. The van der Waals surface area contributed by atoms with Crippen LogP contribution in [0.15, 0.2) is 24.3 Å². The largest absolute Gasteiger partial charge is 0.330 e. The van der Waals surface area contributed by atoms with Crippen LogP contribution < -0.4 is 10.6 Å². The van der Waals surface area contributed by atoms with Gasteiger partial charge in [0.25, 0.3) is 0 Å². The summed E-state index contributed by atoms with van der Waals surface area (Å²) in [5.41, 5.74) is 8.46. The molecule has 2 aliphatic rings. The number of carbonyl (C=O) groups is 1. The molecular formula is C17H25N3O. The van der Waals surface area contributed by atoms with Gasteiger partial charge >= 0.3 is 6.03 Å². The number of rotatable bonds is 4. The lowest BCUT2D eigenvalue weighted by atomic mass is 9.64. The van der Waals surface area contributed by atoms with Crippen LogP contribution in [0.25, 0.3) is 0 Å². The van der Waals surface area contributed by atoms with Gasteiger partial charge in [-0.15, -0.1) is 0 Å². The number of carbonyl (C=O) groups excluding carboxylic acids is 1. The fourth-order valence-electron chi connectivity index (χ4n) is 3.49. The number of nitrogens with two attached hydrogens (primary N) is 1. The number of urea groups is 1. The summed E-state index contributed by atoms with van der Waals surface area (Å²) in [6.45, 7) is 6.41. The average Bonchev–Trinajstić information content (AvgIpc) is 2.80. The number of amides is 2. The van der Waals surface area contributed by atoms with Gasteiger partial charge in [-0.1, -0.05) is 18.6 Å². The van der Waals surface area contributed by atoms with Crippen molar-refractivity contribution in [2.24, 2.45) is 5.73 Å². The van der Waals surface area contributed by atoms with Gasteiger partial charge in [-0.05, 0) is 44.4 Å². The topological polar surface area (TPSA) is 49.6 Å². The van der Waals surface area contributed by atoms with E-state index in [-0.39, 0.29) is 17.5 Å². The van der Waals surface area contributed by atoms with E-state index in [1.54, 1.807) is 0 Å². The second kappa shape index (κ2) is 5.34. The Labute approximate surface area is 126 Å². The Hall–Kier alpha value is -1.55. The van der Waals surface area contributed by atoms with Crippen LogP contribution in [0.1, 0.15) is 38.7 Å². The summed E-state index contributed by atoms with van der Waals surface area (Å²) in [4.78, 5) is 16.3. The molecule has 1 heterocycles. The van der Waals surface area contributed by atoms with Gasteiger partial charge in [0.05, 0.1) is 0 Å². The molecule has 114 valence electrons. The van der Waals surface area contributed by atoms with Crippen LogP contribution in [-0.4, -0.2) is 36.6 Å². The predicted molar refractivity (Wildman–Crippen MR) is 85.6 cm³/mol. The maximum atomic E-state index is 12.5. The van der Waals surface area contributed by atoms with Crippen molar-refractivity contribution < 1.29 is 4.79 Å². The van der Waals surface area contributed by atoms with E-state index in [1.807, 2.05) is 15.9 Å². The maximum absolute atomic E-state index is 12.5. The van der Waals surface area contributed by atoms with Crippen LogP contribution >= 0.6 is 0 Å². The first-order valence-corrected chi connectivity index (χ1v) is 7.96. The average molecular weight is 287 g/mol. The molecule has 2 N–H and O–H groups in total. The molecule has 3 rings (SSSR count). The van der Waals surface area contributed by atoms with Crippen molar-refractivity contribution in [1.29, 1.82) is 0 Å². The van der Waals surface area contributed by atoms with Crippen molar-refractivity contribution >= 4 is 11.7 Å². The Morgan fingerprint density at radius 3 is 2.57 bits per heavy atom. The Morgan fingerprint density at radius 1 is 1.29 bits per heavy atom. The van der Waals surface area contributed by atoms with E-state index >= 15 is 0 Å². The second-order valence-corrected chi connectivity index (χ2v) is 6.61. The van der Waals surface area contributed by atoms with E-state index in [9.17, 15) is 4.79 Å². The molecule has 2 amide bonds. The van der Waals surface area contributed by atoms with Gasteiger partial charge in [-0.25, -0.2) is 4.79 Å². The Balaban J connectivity index is 1.86. The summed E-state index contributed by atoms with van der Waals surface area (Å²) in [6, 6.07) is 8.81. The van der Waals surface area contributed by atoms with Crippen LogP contribution in [0.4, 0.5) is 10.5 Å². The van der Waals surface area contributed by atoms with Gasteiger partial charge in [0.1, 0.15) is 0 Å². The highest BCUT2D eigenvalue weighted by Gasteiger charge is 2.38. The van der Waals surface area contributed by atoms with Crippen LogP contribution in [0.2, 0.25) is 0 Å². The summed E-state index contributed by atoms with van der Waals surface area (Å²) in [5, 5.41) is 0. The molecule has 4 heteroatoms. The van der Waals surface area contributed by atoms with Crippen molar-refractivity contribution in [1.82, 2.24) is 4.90 Å². The molecule has 1 aromatic rings. The number of hydrogen-bond acceptors (Lipinski definition) is 2. The number of anilines is 1. The molecule has 1 aromatic carbocycles. The molecule has 1 aliphatic carbocycles. The first-order chi connectivity index (χ1) is 10.1. The van der Waals surface area contributed by atoms with Crippen molar-refractivity contribution in [2.45, 2.75) is 44.6 Å². The molecule has 1 saturated carbocycles. The molecule has 0 spiro atoms. The summed E-state index contributed by atoms with van der Waals surface area (Å²) < 4.78 is 0. The smallest absolute Gasteiger partial charge is 0.324 e. The minimum absolute atomic E-state index is 0.123. The Kier molecular flexibility index (Phi) is 3.66. The highest BCUT2D eigenvalue weighted by atomic mass is 16.2. The summed E-state index contributed by atoms with van der Waals surface area (Å²) in [6.07, 6.45) is 3.59. The minimum Gasteiger partial charge on any atom is -0.330 e. The number of benzene rings is 1. The van der Waals surface area contributed by atoms with Gasteiger partial charge in [-0.3, -0.25) is 4.90 Å². The first kappa shape index (κ1) is 14.4. The zero-order valence-corrected chi connectivity index (χ0v) is 13.0. The Morgan fingerprint density at radius 2 is 2.05 bits per heavy atom. The lowest BCUT2D eigenvalue weighted by molar-refractivity contribution is 0.209. The molecule has 0 unspecified atom stereocenters. The van der Waals surface area contributed by atoms with Crippen molar-refractivity contribution in [3.8, 4) is 0 Å². The first-order valence-electron chi connectivity index (χ1n) is 7.96. The van der Waals surface area contributed by atoms with Gasteiger partial charge in [0.15, 0.2) is 0 Å². The minimum atomic E-state index is 0.123. The molecule has 4 nitrogen and oxygen atoms in total. The van der Waals surface area contributed by atoms with E-state index in [0.29, 0.717) is 6.54 Å². The molecule has 1 saturated heterocycles. The van der Waals surface area contributed by atoms with Crippen LogP contribution in [0.3, 0.4) is 0 Å². The van der Waals surface area contributed by atoms with Crippen LogP contribution in [0.5, 0.6) is 0 Å². The Bertz CT molecular complexity index is 531. The SMILES string of the molecule is CC(C)N1CCN(c2cccc(C3(CN)CCC3)c2)C1=O. The molecule has 0 atom stereocenters. The lowest BCUT2D eigenvalue weighted by Gasteiger charge is -2.42. The van der Waals surface area contributed by atoms with E-state index < -0.39 is 0 Å². The quantitative estimate of drug-likeness (QED) is 0.925. The summed E-state index contributed by atoms with van der Waals surface area (Å²) >= 11 is 0. The molecule has 0 aromatic heterocycles. The predicted octanol–water partition coefficient (Wildman–Crippen LogP) is 2.72. The highest BCUT2D eigenvalue weighted by molar-refractivity contribution is 5.94. The molecular weight excluding hydrogens is 262 g/mol. The van der Waals surface area contributed by atoms with Crippen molar-refractivity contribution in [3.05, 3.63) is 29.8 Å². The fraction of sp³-hybridized carbons (Fsp3) is 0.588. The third kappa shape index (κ3) is 2.31. The van der Waals surface area contributed by atoms with Crippen LogP contribution in [-0.2, 0) is 5.41 Å². The van der Waals surface area contributed by atoms with Crippen molar-refractivity contribution in [2.75, 3.05) is 24.5 Å². The highest BCUT2D eigenvalue weighted by Crippen LogP contribution is 2.43. The molecule has 21 heavy (non-hydrogen) atoms. The van der Waals surface area contributed by atoms with Gasteiger partial charge in [0, 0.05) is 36.8 Å². The van der Waals surface area contributed by atoms with E-state index in [2.05, 4.69) is 32.0 Å². The maximum Gasteiger partial charge on any atom is 0.324 e. The zero-order valence-electron chi connectivity index (χ0n) is 13.0. The molecule has 1 aliphatic heterocycles. The molecule has 0 bridgehead atoms. The second-order valence-electron chi connectivity index (χ2n) is 6.61. The van der Waals surface area contributed by atoms with Gasteiger partial charge < -0.3 is 10.6 Å². The number of hydrogen-bond donors (Lipinski definition) is 1. The molecule has 2 fully saturated rings. The van der Waals surface area contributed by atoms with Crippen molar-refractivity contribution in [3.63, 3.8) is 0 Å². The normalized spacial score (nSPS) is 21.0. The fourth-order valence-corrected chi connectivity index (χ4v) is 3.49. The number of nitrogens with zero attached hydrogens (tertiary/aromatic N) is 2. The van der Waals surface area contributed by atoms with Gasteiger partial charge in [0.2, 0.25) is 0 Å². The summed E-state index contributed by atoms with van der Waals surface area (Å²) in [7, 11) is 0. The third-order valence-electron chi connectivity index (χ3n) is 5.14. The van der Waals surface area contributed by atoms with E-state index in [0.717, 1.165) is 18.8 Å². The van der Waals surface area contributed by atoms with Crippen LogP contribution in [0, 0.1) is 0 Å². The molecule has 0 radical (unpaired) electrons. The van der Waals surface area contributed by atoms with Gasteiger partial charge in [-0.2, -0.15) is 0 Å². The summed E-state index contributed by atoms with van der Waals surface area (Å²) in [5.74, 6) is 0. The van der Waals surface area contributed by atoms with E-state index in [1.165, 1.54) is 24.8 Å². The standard InChI is InChI=1S/C17H25N3O/c1-13(2)19-9-10-20(16(19)21)15-6-3-5-14(11-15)17(12-18)7-4-8-17/h3,5-6,11,13H,4,7-10,12,18H2,1-2H3. The third-order valence-corrected chi connectivity index (χ3v) is 5.14. The van der Waals surface area contributed by atoms with E-state index in [4.69, 9.17) is 5.73 Å². The monoisotopic (exact) mass is 287 g/mol. The zero-order chi connectivity index (χ0) is 15.0.